The number of rotatable bonds is 4. The highest BCUT2D eigenvalue weighted by Crippen LogP contribution is 2.28. The van der Waals surface area contributed by atoms with Crippen LogP contribution in [0.25, 0.3) is 27.8 Å². The van der Waals surface area contributed by atoms with Gasteiger partial charge in [-0.15, -0.1) is 0 Å². The third-order valence-electron chi connectivity index (χ3n) is 6.03. The van der Waals surface area contributed by atoms with E-state index in [1.807, 2.05) is 29.1 Å². The number of benzene rings is 2. The first-order chi connectivity index (χ1) is 16.1. The Hall–Kier alpha value is -3.91. The Morgan fingerprint density at radius 2 is 1.88 bits per heavy atom. The normalized spacial score (nSPS) is 18.8. The van der Waals surface area contributed by atoms with Gasteiger partial charge in [0.1, 0.15) is 0 Å². The van der Waals surface area contributed by atoms with Gasteiger partial charge in [0.15, 0.2) is 11.5 Å². The molecule has 6 rings (SSSR count). The number of hydrogen-bond donors (Lipinski definition) is 2. The van der Waals surface area contributed by atoms with Crippen molar-refractivity contribution in [2.75, 3.05) is 23.3 Å². The Morgan fingerprint density at radius 3 is 2.70 bits per heavy atom. The van der Waals surface area contributed by atoms with Gasteiger partial charge in [-0.05, 0) is 44.2 Å². The molecule has 166 valence electrons. The summed E-state index contributed by atoms with van der Waals surface area (Å²) in [6.07, 6.45) is 7.99. The first-order valence-electron chi connectivity index (χ1n) is 11.2. The molecule has 4 heterocycles. The highest BCUT2D eigenvalue weighted by Gasteiger charge is 2.22. The summed E-state index contributed by atoms with van der Waals surface area (Å²) < 4.78 is 7.86. The molecule has 2 N–H and O–H groups in total. The fourth-order valence-electron chi connectivity index (χ4n) is 4.53. The topological polar surface area (TPSA) is 83.4 Å². The van der Waals surface area contributed by atoms with Crippen LogP contribution in [-0.4, -0.2) is 49.9 Å². The molecule has 2 atom stereocenters. The average Bonchev–Trinajstić information content (AvgIpc) is 3.48. The fraction of sp³-hybridized carbons (Fsp3) is 0.240. The summed E-state index contributed by atoms with van der Waals surface area (Å²) in [6.45, 7) is 6.04. The van der Waals surface area contributed by atoms with Crippen molar-refractivity contribution in [3.63, 3.8) is 0 Å². The summed E-state index contributed by atoms with van der Waals surface area (Å²) in [5.74, 6) is 0.712. The minimum Gasteiger partial charge on any atom is -0.372 e. The lowest BCUT2D eigenvalue weighted by molar-refractivity contribution is -0.00521. The second-order valence-electron chi connectivity index (χ2n) is 8.64. The molecule has 1 aliphatic rings. The quantitative estimate of drug-likeness (QED) is 0.425. The maximum absolute atomic E-state index is 5.86. The van der Waals surface area contributed by atoms with E-state index in [0.717, 1.165) is 46.6 Å². The highest BCUT2D eigenvalue weighted by atomic mass is 16.5. The second kappa shape index (κ2) is 7.90. The van der Waals surface area contributed by atoms with E-state index in [-0.39, 0.29) is 12.2 Å². The van der Waals surface area contributed by atoms with Gasteiger partial charge >= 0.3 is 0 Å². The van der Waals surface area contributed by atoms with Gasteiger partial charge in [-0.2, -0.15) is 5.10 Å². The zero-order valence-electron chi connectivity index (χ0n) is 18.6. The van der Waals surface area contributed by atoms with Crippen molar-refractivity contribution in [3.8, 4) is 11.3 Å². The van der Waals surface area contributed by atoms with Gasteiger partial charge in [-0.25, -0.2) is 9.97 Å². The molecule has 1 fully saturated rings. The van der Waals surface area contributed by atoms with E-state index in [0.29, 0.717) is 5.82 Å². The zero-order valence-corrected chi connectivity index (χ0v) is 18.6. The molecule has 2 unspecified atom stereocenters. The van der Waals surface area contributed by atoms with Crippen LogP contribution in [0, 0.1) is 0 Å². The molecular formula is C25H25N7O. The molecule has 1 saturated heterocycles. The lowest BCUT2D eigenvalue weighted by Crippen LogP contribution is -2.45. The molecule has 8 nitrogen and oxygen atoms in total. The molecule has 0 aliphatic carbocycles. The monoisotopic (exact) mass is 439 g/mol. The summed E-state index contributed by atoms with van der Waals surface area (Å²) in [5, 5.41) is 11.7. The number of nitrogens with zero attached hydrogens (tertiary/aromatic N) is 5. The molecule has 8 heteroatoms. The van der Waals surface area contributed by atoms with Crippen LogP contribution in [0.15, 0.2) is 67.3 Å². The van der Waals surface area contributed by atoms with Gasteiger partial charge in [-0.3, -0.25) is 5.10 Å². The number of aromatic amines is 1. The summed E-state index contributed by atoms with van der Waals surface area (Å²) in [5.41, 5.74) is 5.79. The first kappa shape index (κ1) is 19.8. The van der Waals surface area contributed by atoms with Gasteiger partial charge < -0.3 is 19.4 Å². The maximum Gasteiger partial charge on any atom is 0.180 e. The predicted octanol–water partition coefficient (Wildman–Crippen LogP) is 4.63. The smallest absolute Gasteiger partial charge is 0.180 e. The molecular weight excluding hydrogens is 414 g/mol. The number of nitrogens with one attached hydrogen (secondary N) is 2. The van der Waals surface area contributed by atoms with Crippen LogP contribution >= 0.6 is 0 Å². The number of morpholine rings is 1. The number of ether oxygens (including phenoxy) is 1. The van der Waals surface area contributed by atoms with E-state index in [9.17, 15) is 0 Å². The number of fused-ring (bicyclic) bond motifs is 2. The van der Waals surface area contributed by atoms with Gasteiger partial charge in [-0.1, -0.05) is 12.1 Å². The van der Waals surface area contributed by atoms with Crippen LogP contribution in [0.3, 0.4) is 0 Å². The average molecular weight is 440 g/mol. The SMILES string of the molecule is CC1CN(c2ccc(Nc3nc(-c4ccc5cn[nH]c5c4)cn4ccnc34)cc2)CC(C)O1. The van der Waals surface area contributed by atoms with E-state index in [4.69, 9.17) is 9.72 Å². The molecule has 0 amide bonds. The van der Waals surface area contributed by atoms with Crippen LogP contribution in [0.1, 0.15) is 13.8 Å². The van der Waals surface area contributed by atoms with Crippen LogP contribution < -0.4 is 10.2 Å². The number of imidazole rings is 1. The van der Waals surface area contributed by atoms with Crippen LogP contribution in [-0.2, 0) is 4.74 Å². The largest absolute Gasteiger partial charge is 0.372 e. The molecule has 1 aliphatic heterocycles. The highest BCUT2D eigenvalue weighted by molar-refractivity contribution is 5.84. The Morgan fingerprint density at radius 1 is 1.06 bits per heavy atom. The maximum atomic E-state index is 5.86. The molecule has 33 heavy (non-hydrogen) atoms. The van der Waals surface area contributed by atoms with E-state index in [1.165, 1.54) is 5.69 Å². The van der Waals surface area contributed by atoms with Crippen LogP contribution in [0.5, 0.6) is 0 Å². The van der Waals surface area contributed by atoms with E-state index < -0.39 is 0 Å². The Bertz CT molecular complexity index is 1410. The van der Waals surface area contributed by atoms with Crippen molar-refractivity contribution in [3.05, 3.63) is 67.3 Å². The van der Waals surface area contributed by atoms with Crippen molar-refractivity contribution in [1.29, 1.82) is 0 Å². The number of H-pyrrole nitrogens is 1. The lowest BCUT2D eigenvalue weighted by atomic mass is 10.1. The van der Waals surface area contributed by atoms with E-state index in [1.54, 1.807) is 6.20 Å². The van der Waals surface area contributed by atoms with Crippen molar-refractivity contribution in [2.45, 2.75) is 26.1 Å². The molecule has 0 saturated carbocycles. The van der Waals surface area contributed by atoms with Crippen LogP contribution in [0.4, 0.5) is 17.2 Å². The number of aromatic nitrogens is 5. The minimum absolute atomic E-state index is 0.230. The molecule has 2 aromatic carbocycles. The van der Waals surface area contributed by atoms with Crippen molar-refractivity contribution >= 4 is 33.7 Å². The third kappa shape index (κ3) is 3.78. The summed E-state index contributed by atoms with van der Waals surface area (Å²) in [7, 11) is 0. The van der Waals surface area contributed by atoms with Gasteiger partial charge in [0, 0.05) is 54.0 Å². The van der Waals surface area contributed by atoms with Crippen molar-refractivity contribution < 1.29 is 4.74 Å². The number of anilines is 3. The fourth-order valence-corrected chi connectivity index (χ4v) is 4.53. The second-order valence-corrected chi connectivity index (χ2v) is 8.64. The minimum atomic E-state index is 0.230. The molecule has 0 spiro atoms. The Kier molecular flexibility index (Phi) is 4.73. The Balaban J connectivity index is 1.31. The third-order valence-corrected chi connectivity index (χ3v) is 6.03. The molecule has 0 radical (unpaired) electrons. The van der Waals surface area contributed by atoms with Gasteiger partial charge in [0.2, 0.25) is 0 Å². The standard InChI is InChI=1S/C25H25N7O/c1-16-13-32(14-17(2)33-16)21-7-5-20(6-8-21)28-24-25-26-9-10-31(25)15-23(29-24)18-3-4-19-12-27-30-22(19)11-18/h3-12,15-17H,13-14H2,1-2H3,(H,27,30)(H,28,29). The summed E-state index contributed by atoms with van der Waals surface area (Å²) in [6, 6.07) is 14.6. The van der Waals surface area contributed by atoms with E-state index >= 15 is 0 Å². The zero-order chi connectivity index (χ0) is 22.4. The van der Waals surface area contributed by atoms with Crippen LogP contribution in [0.2, 0.25) is 0 Å². The van der Waals surface area contributed by atoms with Gasteiger partial charge in [0.25, 0.3) is 0 Å². The van der Waals surface area contributed by atoms with Crippen molar-refractivity contribution in [2.24, 2.45) is 0 Å². The van der Waals surface area contributed by atoms with E-state index in [2.05, 4.69) is 75.6 Å². The summed E-state index contributed by atoms with van der Waals surface area (Å²) >= 11 is 0. The first-order valence-corrected chi connectivity index (χ1v) is 11.2. The molecule has 0 bridgehead atoms. The Labute approximate surface area is 191 Å². The predicted molar refractivity (Wildman–Crippen MR) is 130 cm³/mol. The molecule has 3 aromatic heterocycles. The van der Waals surface area contributed by atoms with Crippen molar-refractivity contribution in [1.82, 2.24) is 24.6 Å². The molecule has 5 aromatic rings. The lowest BCUT2D eigenvalue weighted by Gasteiger charge is -2.36. The summed E-state index contributed by atoms with van der Waals surface area (Å²) in [4.78, 5) is 11.8. The number of hydrogen-bond acceptors (Lipinski definition) is 6. The van der Waals surface area contributed by atoms with Gasteiger partial charge in [0.05, 0.1) is 29.6 Å².